The lowest BCUT2D eigenvalue weighted by molar-refractivity contribution is 0.133. The van der Waals surface area contributed by atoms with E-state index >= 15 is 4.39 Å². The molecule has 6 rings (SSSR count). The van der Waals surface area contributed by atoms with Crippen LogP contribution in [0.25, 0.3) is 22.4 Å². The summed E-state index contributed by atoms with van der Waals surface area (Å²) < 4.78 is 28.7. The number of hydrogen-bond donors (Lipinski definition) is 1. The van der Waals surface area contributed by atoms with Crippen LogP contribution in [0, 0.1) is 16.6 Å². The summed E-state index contributed by atoms with van der Waals surface area (Å²) in [6, 6.07) is 8.99. The summed E-state index contributed by atoms with van der Waals surface area (Å²) >= 11 is 0. The van der Waals surface area contributed by atoms with E-state index in [2.05, 4.69) is 36.0 Å². The van der Waals surface area contributed by atoms with E-state index in [0.29, 0.717) is 22.6 Å². The summed E-state index contributed by atoms with van der Waals surface area (Å²) in [4.78, 5) is 14.2. The van der Waals surface area contributed by atoms with Crippen molar-refractivity contribution in [1.82, 2.24) is 14.8 Å². The summed E-state index contributed by atoms with van der Waals surface area (Å²) in [7, 11) is 2.06. The molecule has 0 atom stereocenters. The molecule has 0 spiro atoms. The molecule has 6 nitrogen and oxygen atoms in total. The number of phenols is 1. The normalized spacial score (nSPS) is 25.5. The molecule has 0 aliphatic heterocycles. The second-order valence-electron chi connectivity index (χ2n) is 11.3. The molecule has 1 aromatic carbocycles. The monoisotopic (exact) mass is 494 g/mol. The van der Waals surface area contributed by atoms with Gasteiger partial charge in [0.2, 0.25) is 0 Å². The summed E-state index contributed by atoms with van der Waals surface area (Å²) in [6.07, 6.45) is 8.60. The van der Waals surface area contributed by atoms with E-state index in [1.807, 2.05) is 6.07 Å². The Hall–Kier alpha value is -3.29. The van der Waals surface area contributed by atoms with E-state index in [9.17, 15) is 14.3 Å². The molecule has 3 saturated carbocycles. The van der Waals surface area contributed by atoms with E-state index in [-0.39, 0.29) is 22.4 Å². The van der Waals surface area contributed by atoms with Crippen LogP contribution < -0.4 is 10.5 Å². The van der Waals surface area contributed by atoms with Crippen LogP contribution in [0.4, 0.5) is 14.6 Å². The number of nitrogens with zero attached hydrogens (tertiary/aromatic N) is 4. The van der Waals surface area contributed by atoms with Crippen molar-refractivity contribution >= 4 is 5.82 Å². The first-order valence-electron chi connectivity index (χ1n) is 12.5. The maximum Gasteiger partial charge on any atom is 0.253 e. The molecule has 0 saturated heterocycles. The third-order valence-corrected chi connectivity index (χ3v) is 8.48. The Morgan fingerprint density at radius 1 is 1.03 bits per heavy atom. The molecule has 0 radical (unpaired) electrons. The highest BCUT2D eigenvalue weighted by molar-refractivity contribution is 5.74. The molecule has 36 heavy (non-hydrogen) atoms. The molecule has 3 aliphatic rings. The average Bonchev–Trinajstić information content (AvgIpc) is 3.09. The zero-order valence-electron chi connectivity index (χ0n) is 21.0. The maximum absolute atomic E-state index is 15.0. The number of halogens is 2. The highest BCUT2D eigenvalue weighted by Gasteiger charge is 2.45. The Kier molecular flexibility index (Phi) is 6.09. The molecule has 2 bridgehead atoms. The number of benzene rings is 1. The van der Waals surface area contributed by atoms with Gasteiger partial charge in [-0.25, -0.2) is 8.78 Å². The summed E-state index contributed by atoms with van der Waals surface area (Å²) in [5, 5.41) is 19.4. The summed E-state index contributed by atoms with van der Waals surface area (Å²) in [6.45, 7) is 3.84. The van der Waals surface area contributed by atoms with E-state index in [1.54, 1.807) is 6.07 Å². The lowest BCUT2D eigenvalue weighted by Gasteiger charge is -2.38. The number of aromatic nitrogens is 3. The topological polar surface area (TPSA) is 71.2 Å². The van der Waals surface area contributed by atoms with Gasteiger partial charge in [-0.05, 0) is 85.3 Å². The third kappa shape index (κ3) is 4.49. The zero-order chi connectivity index (χ0) is 25.7. The molecule has 2 heterocycles. The van der Waals surface area contributed by atoms with Gasteiger partial charge in [0.15, 0.2) is 12.6 Å². The van der Waals surface area contributed by atoms with Gasteiger partial charge in [-0.15, -0.1) is 10.2 Å². The van der Waals surface area contributed by atoms with Gasteiger partial charge in [-0.3, -0.25) is 9.36 Å². The van der Waals surface area contributed by atoms with Gasteiger partial charge in [-0.2, -0.15) is 0 Å². The van der Waals surface area contributed by atoms with Crippen molar-refractivity contribution in [3.05, 3.63) is 58.8 Å². The number of pyridine rings is 1. The Labute approximate surface area is 209 Å². The number of hydrogen-bond acceptors (Lipinski definition) is 5. The van der Waals surface area contributed by atoms with Crippen molar-refractivity contribution in [3.8, 4) is 28.1 Å². The van der Waals surface area contributed by atoms with Gasteiger partial charge in [0.1, 0.15) is 11.6 Å². The molecule has 190 valence electrons. The van der Waals surface area contributed by atoms with Gasteiger partial charge in [0.05, 0.1) is 5.69 Å². The van der Waals surface area contributed by atoms with Crippen LogP contribution in [0.3, 0.4) is 0 Å². The Balaban J connectivity index is 1.39. The number of phenolic OH excluding ortho intramolecular Hbond substituents is 1. The lowest BCUT2D eigenvalue weighted by atomic mass is 9.67. The number of fused-ring (bicyclic) bond motifs is 4. The molecule has 1 N–H and O–H groups in total. The van der Waals surface area contributed by atoms with Gasteiger partial charge in [0.25, 0.3) is 5.56 Å². The van der Waals surface area contributed by atoms with Crippen LogP contribution in [0.1, 0.15) is 52.4 Å². The molecular formula is C28H32F2N4O2. The minimum atomic E-state index is -0.963. The first kappa shape index (κ1) is 24.4. The van der Waals surface area contributed by atoms with Crippen LogP contribution in [0.5, 0.6) is 5.75 Å². The van der Waals surface area contributed by atoms with Crippen LogP contribution in [-0.4, -0.2) is 33.0 Å². The van der Waals surface area contributed by atoms with E-state index in [4.69, 9.17) is 0 Å². The highest BCUT2D eigenvalue weighted by Crippen LogP contribution is 2.54. The fourth-order valence-electron chi connectivity index (χ4n) is 5.96. The van der Waals surface area contributed by atoms with Crippen LogP contribution in [0.15, 0.2) is 47.4 Å². The van der Waals surface area contributed by atoms with Crippen molar-refractivity contribution in [2.45, 2.75) is 65.2 Å². The minimum absolute atomic E-state index is 0.0497. The van der Waals surface area contributed by atoms with Crippen molar-refractivity contribution in [3.63, 3.8) is 0 Å². The predicted octanol–water partition coefficient (Wildman–Crippen LogP) is 5.93. The molecule has 8 heteroatoms. The van der Waals surface area contributed by atoms with E-state index < -0.39 is 18.2 Å². The van der Waals surface area contributed by atoms with Crippen LogP contribution in [-0.2, 0) is 6.80 Å². The fourth-order valence-corrected chi connectivity index (χ4v) is 5.96. The lowest BCUT2D eigenvalue weighted by Crippen LogP contribution is -2.36. The maximum atomic E-state index is 15.0. The van der Waals surface area contributed by atoms with Gasteiger partial charge in [-0.1, -0.05) is 13.8 Å². The average molecular weight is 495 g/mol. The zero-order valence-corrected chi connectivity index (χ0v) is 21.0. The SMILES string of the molecule is CN(c1ccc(-c2cc(F)c(-c3ccn(CF)c(=O)c3)cc2O)nn1)C1CC2(C)CCC(C)(CC2)C1. The van der Waals surface area contributed by atoms with Crippen LogP contribution >= 0.6 is 0 Å². The van der Waals surface area contributed by atoms with E-state index in [0.717, 1.165) is 29.3 Å². The predicted molar refractivity (Wildman–Crippen MR) is 136 cm³/mol. The van der Waals surface area contributed by atoms with Gasteiger partial charge in [0, 0.05) is 36.5 Å². The molecule has 3 fully saturated rings. The van der Waals surface area contributed by atoms with Crippen molar-refractivity contribution in [1.29, 1.82) is 0 Å². The van der Waals surface area contributed by atoms with Crippen molar-refractivity contribution < 1.29 is 13.9 Å². The summed E-state index contributed by atoms with van der Waals surface area (Å²) in [5.74, 6) is -0.0569. The fraction of sp³-hybridized carbons (Fsp3) is 0.464. The van der Waals surface area contributed by atoms with Gasteiger partial charge < -0.3 is 10.0 Å². The Morgan fingerprint density at radius 3 is 2.25 bits per heavy atom. The Morgan fingerprint density at radius 2 is 1.69 bits per heavy atom. The van der Waals surface area contributed by atoms with E-state index in [1.165, 1.54) is 50.1 Å². The number of alkyl halides is 1. The van der Waals surface area contributed by atoms with Crippen molar-refractivity contribution in [2.75, 3.05) is 11.9 Å². The number of anilines is 1. The molecule has 2 aromatic heterocycles. The molecule has 0 amide bonds. The van der Waals surface area contributed by atoms with Crippen LogP contribution in [0.2, 0.25) is 0 Å². The molecule has 3 aromatic rings. The first-order valence-corrected chi connectivity index (χ1v) is 12.5. The standard InChI is InChI=1S/C28H32F2N4O2/c1-27-7-9-28(2,10-8-27)16-19(15-27)33(3)25-5-4-23(31-32-25)21-13-22(30)20(14-24(21)35)18-6-11-34(17-29)26(36)12-18/h4-6,11-14,19,35H,7-10,15-17H2,1-3H3. The number of aromatic hydroxyl groups is 1. The second kappa shape index (κ2) is 8.98. The first-order chi connectivity index (χ1) is 17.1. The van der Waals surface area contributed by atoms with Gasteiger partial charge >= 0.3 is 0 Å². The third-order valence-electron chi connectivity index (χ3n) is 8.48. The quantitative estimate of drug-likeness (QED) is 0.476. The summed E-state index contributed by atoms with van der Waals surface area (Å²) in [5.41, 5.74) is 1.01. The molecule has 0 unspecified atom stereocenters. The van der Waals surface area contributed by atoms with Crippen molar-refractivity contribution in [2.24, 2.45) is 10.8 Å². The molecule has 3 aliphatic carbocycles. The highest BCUT2D eigenvalue weighted by atomic mass is 19.1. The Bertz CT molecular complexity index is 1310. The number of rotatable bonds is 5. The smallest absolute Gasteiger partial charge is 0.253 e. The largest absolute Gasteiger partial charge is 0.507 e. The molecular weight excluding hydrogens is 462 g/mol. The minimum Gasteiger partial charge on any atom is -0.507 e. The second-order valence-corrected chi connectivity index (χ2v) is 11.3.